The molecule has 1 aromatic rings. The van der Waals surface area contributed by atoms with Crippen molar-refractivity contribution in [2.24, 2.45) is 4.99 Å². The zero-order valence-corrected chi connectivity index (χ0v) is 13.0. The number of pyridine rings is 1. The smallest absolute Gasteiger partial charge is 0.103 e. The van der Waals surface area contributed by atoms with Crippen LogP contribution in [0.3, 0.4) is 0 Å². The summed E-state index contributed by atoms with van der Waals surface area (Å²) >= 11 is 0. The summed E-state index contributed by atoms with van der Waals surface area (Å²) in [5.74, 6) is 2.69. The summed E-state index contributed by atoms with van der Waals surface area (Å²) < 4.78 is 0. The summed E-state index contributed by atoms with van der Waals surface area (Å²) in [5, 5.41) is 0. The van der Waals surface area contributed by atoms with Gasteiger partial charge in [0.15, 0.2) is 0 Å². The van der Waals surface area contributed by atoms with E-state index in [-0.39, 0.29) is 0 Å². The second-order valence-electron chi connectivity index (χ2n) is 2.81. The van der Waals surface area contributed by atoms with Crippen molar-refractivity contribution in [3.63, 3.8) is 0 Å². The molecule has 1 aromatic heterocycles. The van der Waals surface area contributed by atoms with Crippen molar-refractivity contribution in [2.45, 2.75) is 55.4 Å². The molecule has 0 aliphatic carbocycles. The first-order valence-electron chi connectivity index (χ1n) is 6.80. The normalized spacial score (nSPS) is 8.89. The number of hydrogen-bond donors (Lipinski definition) is 0. The van der Waals surface area contributed by atoms with E-state index in [0.717, 1.165) is 16.9 Å². The molecule has 2 rings (SSSR count). The third-order valence-corrected chi connectivity index (χ3v) is 2.03. The third kappa shape index (κ3) is 5.14. The highest BCUT2D eigenvalue weighted by atomic mass is 14.8. The van der Waals surface area contributed by atoms with Crippen LogP contribution in [0.4, 0.5) is 5.69 Å². The van der Waals surface area contributed by atoms with Crippen molar-refractivity contribution in [1.82, 2.24) is 4.98 Å². The zero-order valence-electron chi connectivity index (χ0n) is 13.0. The van der Waals surface area contributed by atoms with E-state index < -0.39 is 0 Å². The van der Waals surface area contributed by atoms with E-state index in [1.807, 2.05) is 61.6 Å². The fraction of sp³-hybridized carbons (Fsp3) is 0.500. The quantitative estimate of drug-likeness (QED) is 0.582. The Hall–Kier alpha value is -1.62. The monoisotopic (exact) mass is 246 g/mol. The van der Waals surface area contributed by atoms with Crippen LogP contribution >= 0.6 is 0 Å². The van der Waals surface area contributed by atoms with Crippen molar-refractivity contribution in [2.75, 3.05) is 0 Å². The number of aromatic nitrogens is 1. The van der Waals surface area contributed by atoms with Gasteiger partial charge in [0, 0.05) is 18.1 Å². The van der Waals surface area contributed by atoms with Crippen LogP contribution in [0.25, 0.3) is 6.08 Å². The van der Waals surface area contributed by atoms with Crippen LogP contribution in [-0.4, -0.2) is 10.9 Å². The summed E-state index contributed by atoms with van der Waals surface area (Å²) in [6, 6.07) is 0. The third-order valence-electron chi connectivity index (χ3n) is 2.03. The van der Waals surface area contributed by atoms with Gasteiger partial charge < -0.3 is 0 Å². The van der Waals surface area contributed by atoms with Crippen LogP contribution in [-0.2, 0) is 0 Å². The Morgan fingerprint density at radius 1 is 0.944 bits per heavy atom. The second kappa shape index (κ2) is 11.9. The molecule has 2 heterocycles. The van der Waals surface area contributed by atoms with Gasteiger partial charge in [0.1, 0.15) is 5.69 Å². The predicted octanol–water partition coefficient (Wildman–Crippen LogP) is 5.26. The van der Waals surface area contributed by atoms with Gasteiger partial charge in [-0.3, -0.25) is 4.98 Å². The molecular weight excluding hydrogens is 220 g/mol. The fourth-order valence-electron chi connectivity index (χ4n) is 1.14. The van der Waals surface area contributed by atoms with E-state index in [4.69, 9.17) is 0 Å². The lowest BCUT2D eigenvalue weighted by atomic mass is 10.1. The molecule has 2 nitrogen and oxygen atoms in total. The number of rotatable bonds is 0. The van der Waals surface area contributed by atoms with Crippen molar-refractivity contribution < 1.29 is 0 Å². The van der Waals surface area contributed by atoms with E-state index in [1.54, 1.807) is 6.08 Å². The molecule has 100 valence electrons. The van der Waals surface area contributed by atoms with E-state index in [2.05, 4.69) is 21.6 Å². The van der Waals surface area contributed by atoms with E-state index >= 15 is 0 Å². The molecule has 0 atom stereocenters. The Labute approximate surface area is 112 Å². The number of aliphatic imine (C=N–C) groups is 1. The molecule has 1 aliphatic rings. The Morgan fingerprint density at radius 3 is 2.06 bits per heavy atom. The average Bonchev–Trinajstić information content (AvgIpc) is 2.49. The molecule has 2 heteroatoms. The highest BCUT2D eigenvalue weighted by Gasteiger charge is 2.06. The SMILES string of the molecule is CC.CC.CC.Cc1cnc2c(c1C)N=C=C=C2. The molecule has 0 radical (unpaired) electrons. The summed E-state index contributed by atoms with van der Waals surface area (Å²) in [5.41, 5.74) is 6.93. The minimum atomic E-state index is 0.886. The van der Waals surface area contributed by atoms with Gasteiger partial charge >= 0.3 is 0 Å². The van der Waals surface area contributed by atoms with E-state index in [1.165, 1.54) is 5.56 Å². The molecule has 0 bridgehead atoms. The maximum absolute atomic E-state index is 4.23. The molecule has 0 saturated heterocycles. The fourth-order valence-corrected chi connectivity index (χ4v) is 1.14. The standard InChI is InChI=1S/C10H8N2.3C2H6/c1-7-6-12-9-4-3-5-11-10(9)8(7)2;3*1-2/h4,6H,1-2H3;3*1-2H3. The number of fused-ring (bicyclic) bond motifs is 1. The second-order valence-corrected chi connectivity index (χ2v) is 2.81. The van der Waals surface area contributed by atoms with Crippen molar-refractivity contribution in [1.29, 1.82) is 0 Å². The van der Waals surface area contributed by atoms with Gasteiger partial charge in [-0.15, -0.1) is 0 Å². The number of aryl methyl sites for hydroxylation is 1. The lowest BCUT2D eigenvalue weighted by molar-refractivity contribution is 1.18. The summed E-state index contributed by atoms with van der Waals surface area (Å²) in [7, 11) is 0. The van der Waals surface area contributed by atoms with E-state index in [0.29, 0.717) is 0 Å². The summed E-state index contributed by atoms with van der Waals surface area (Å²) in [6.45, 7) is 16.1. The van der Waals surface area contributed by atoms with Crippen molar-refractivity contribution >= 4 is 17.6 Å². The zero-order chi connectivity index (χ0) is 14.6. The summed E-state index contributed by atoms with van der Waals surface area (Å²) in [6.07, 6.45) is 3.65. The van der Waals surface area contributed by atoms with Crippen LogP contribution in [0, 0.1) is 13.8 Å². The molecule has 1 aliphatic heterocycles. The van der Waals surface area contributed by atoms with Gasteiger partial charge in [-0.25, -0.2) is 0 Å². The van der Waals surface area contributed by atoms with Gasteiger partial charge in [0.2, 0.25) is 0 Å². The van der Waals surface area contributed by atoms with Gasteiger partial charge in [-0.1, -0.05) is 41.5 Å². The maximum Gasteiger partial charge on any atom is 0.103 e. The Kier molecular flexibility index (Phi) is 12.3. The van der Waals surface area contributed by atoms with Crippen molar-refractivity contribution in [3.05, 3.63) is 28.7 Å². The van der Waals surface area contributed by atoms with Gasteiger partial charge in [0.25, 0.3) is 0 Å². The minimum Gasteiger partial charge on any atom is -0.254 e. The first kappa shape index (κ1) is 18.7. The molecule has 18 heavy (non-hydrogen) atoms. The molecule has 0 amide bonds. The lowest BCUT2D eigenvalue weighted by Crippen LogP contribution is -1.90. The Morgan fingerprint density at radius 2 is 1.50 bits per heavy atom. The first-order chi connectivity index (χ1) is 8.79. The number of hydrogen-bond acceptors (Lipinski definition) is 2. The average molecular weight is 246 g/mol. The van der Waals surface area contributed by atoms with Crippen LogP contribution in [0.2, 0.25) is 0 Å². The molecule has 0 N–H and O–H groups in total. The highest BCUT2D eigenvalue weighted by molar-refractivity contribution is 5.76. The Bertz CT molecular complexity index is 433. The Balaban J connectivity index is 0. The molecule has 0 saturated carbocycles. The topological polar surface area (TPSA) is 25.2 Å². The minimum absolute atomic E-state index is 0.886. The van der Waals surface area contributed by atoms with E-state index in [9.17, 15) is 0 Å². The lowest BCUT2D eigenvalue weighted by Gasteiger charge is -2.05. The maximum atomic E-state index is 4.23. The van der Waals surface area contributed by atoms with Crippen LogP contribution < -0.4 is 0 Å². The molecular formula is C16H26N2. The molecule has 0 spiro atoms. The largest absolute Gasteiger partial charge is 0.254 e. The highest BCUT2D eigenvalue weighted by Crippen LogP contribution is 2.25. The molecule has 0 fully saturated rings. The van der Waals surface area contributed by atoms with Gasteiger partial charge in [-0.05, 0) is 30.7 Å². The van der Waals surface area contributed by atoms with Crippen LogP contribution in [0.5, 0.6) is 0 Å². The van der Waals surface area contributed by atoms with Crippen LogP contribution in [0.1, 0.15) is 58.4 Å². The van der Waals surface area contributed by atoms with Gasteiger partial charge in [-0.2, -0.15) is 4.99 Å². The van der Waals surface area contributed by atoms with Gasteiger partial charge in [0.05, 0.1) is 5.69 Å². The van der Waals surface area contributed by atoms with Crippen LogP contribution in [0.15, 0.2) is 16.9 Å². The number of nitrogens with zero attached hydrogens (tertiary/aromatic N) is 2. The first-order valence-corrected chi connectivity index (χ1v) is 6.80. The summed E-state index contributed by atoms with van der Waals surface area (Å²) in [4.78, 5) is 8.33. The molecule has 0 aromatic carbocycles. The predicted molar refractivity (Wildman–Crippen MR) is 82.8 cm³/mol. The molecule has 0 unspecified atom stereocenters. The van der Waals surface area contributed by atoms with Crippen molar-refractivity contribution in [3.8, 4) is 0 Å².